The van der Waals surface area contributed by atoms with Crippen molar-refractivity contribution in [1.29, 1.82) is 0 Å². The molecule has 156 valence electrons. The molecule has 1 aliphatic carbocycles. The van der Waals surface area contributed by atoms with Gasteiger partial charge in [-0.2, -0.15) is 0 Å². The fraction of sp³-hybridized carbons (Fsp3) is 0.500. The molecule has 7 heteroatoms. The minimum absolute atomic E-state index is 0.0338. The molecule has 29 heavy (non-hydrogen) atoms. The Hall–Kier alpha value is -2.12. The van der Waals surface area contributed by atoms with Crippen molar-refractivity contribution in [3.63, 3.8) is 0 Å². The molecule has 1 amide bonds. The van der Waals surface area contributed by atoms with Crippen LogP contribution in [0.25, 0.3) is 0 Å². The summed E-state index contributed by atoms with van der Waals surface area (Å²) in [6.07, 6.45) is 6.37. The predicted molar refractivity (Wildman–Crippen MR) is 110 cm³/mol. The summed E-state index contributed by atoms with van der Waals surface area (Å²) < 4.78 is 29.7. The van der Waals surface area contributed by atoms with Crippen molar-refractivity contribution in [2.24, 2.45) is 0 Å². The SMILES string of the molecule is O=C(C[NH2+][C@@H](c1ccccc1)c1ccco1)N(C1CCCC1)[C@@H]1CCS(=O)(=O)C1. The lowest BCUT2D eigenvalue weighted by atomic mass is 10.0. The first kappa shape index (κ1) is 20.2. The third-order valence-corrected chi connectivity index (χ3v) is 7.89. The summed E-state index contributed by atoms with van der Waals surface area (Å²) in [5.74, 6) is 1.14. The summed E-state index contributed by atoms with van der Waals surface area (Å²) >= 11 is 0. The van der Waals surface area contributed by atoms with Gasteiger partial charge in [-0.05, 0) is 31.4 Å². The Balaban J connectivity index is 1.50. The lowest BCUT2D eigenvalue weighted by Crippen LogP contribution is -2.88. The van der Waals surface area contributed by atoms with Crippen LogP contribution in [0.5, 0.6) is 0 Å². The molecule has 0 spiro atoms. The molecule has 2 heterocycles. The number of nitrogens with two attached hydrogens (primary N) is 1. The summed E-state index contributed by atoms with van der Waals surface area (Å²) in [5.41, 5.74) is 1.08. The van der Waals surface area contributed by atoms with Gasteiger partial charge < -0.3 is 14.6 Å². The first-order chi connectivity index (χ1) is 14.0. The van der Waals surface area contributed by atoms with E-state index >= 15 is 0 Å². The van der Waals surface area contributed by atoms with E-state index in [1.165, 1.54) is 0 Å². The predicted octanol–water partition coefficient (Wildman–Crippen LogP) is 1.89. The third kappa shape index (κ3) is 4.73. The van der Waals surface area contributed by atoms with E-state index in [0.29, 0.717) is 6.42 Å². The third-order valence-electron chi connectivity index (χ3n) is 6.14. The van der Waals surface area contributed by atoms with E-state index in [0.717, 1.165) is 37.0 Å². The van der Waals surface area contributed by atoms with Crippen LogP contribution in [-0.4, -0.2) is 49.4 Å². The van der Waals surface area contributed by atoms with Crippen molar-refractivity contribution < 1.29 is 22.9 Å². The Morgan fingerprint density at radius 1 is 1.07 bits per heavy atom. The van der Waals surface area contributed by atoms with Gasteiger partial charge in [0.15, 0.2) is 28.2 Å². The summed E-state index contributed by atoms with van der Waals surface area (Å²) in [7, 11) is -3.03. The molecule has 2 fully saturated rings. The van der Waals surface area contributed by atoms with Gasteiger partial charge in [-0.3, -0.25) is 4.79 Å². The van der Waals surface area contributed by atoms with E-state index in [2.05, 4.69) is 0 Å². The molecular weight excluding hydrogens is 388 g/mol. The average molecular weight is 418 g/mol. The monoisotopic (exact) mass is 417 g/mol. The van der Waals surface area contributed by atoms with Crippen molar-refractivity contribution in [3.05, 3.63) is 60.1 Å². The second-order valence-corrected chi connectivity index (χ2v) is 10.4. The zero-order valence-corrected chi connectivity index (χ0v) is 17.4. The van der Waals surface area contributed by atoms with E-state index in [4.69, 9.17) is 4.42 Å². The van der Waals surface area contributed by atoms with E-state index in [-0.39, 0.29) is 42.1 Å². The normalized spacial score (nSPS) is 22.6. The lowest BCUT2D eigenvalue weighted by Gasteiger charge is -2.33. The van der Waals surface area contributed by atoms with Crippen LogP contribution in [0.2, 0.25) is 0 Å². The largest absolute Gasteiger partial charge is 0.463 e. The Labute approximate surface area is 172 Å². The minimum atomic E-state index is -3.03. The van der Waals surface area contributed by atoms with Crippen LogP contribution in [0.4, 0.5) is 0 Å². The molecule has 4 rings (SSSR count). The van der Waals surface area contributed by atoms with Crippen LogP contribution in [-0.2, 0) is 14.6 Å². The minimum Gasteiger partial charge on any atom is -0.463 e. The zero-order chi connectivity index (χ0) is 20.3. The van der Waals surface area contributed by atoms with E-state index in [9.17, 15) is 13.2 Å². The zero-order valence-electron chi connectivity index (χ0n) is 16.6. The second kappa shape index (κ2) is 8.71. The summed E-state index contributed by atoms with van der Waals surface area (Å²) in [5, 5.41) is 2.00. The van der Waals surface area contributed by atoms with Gasteiger partial charge in [0, 0.05) is 17.6 Å². The Morgan fingerprint density at radius 2 is 1.83 bits per heavy atom. The highest BCUT2D eigenvalue weighted by Gasteiger charge is 2.39. The molecule has 0 unspecified atom stereocenters. The highest BCUT2D eigenvalue weighted by molar-refractivity contribution is 7.91. The van der Waals surface area contributed by atoms with E-state index in [1.807, 2.05) is 52.7 Å². The number of amides is 1. The molecule has 0 radical (unpaired) electrons. The van der Waals surface area contributed by atoms with Crippen LogP contribution >= 0.6 is 0 Å². The number of hydrogen-bond acceptors (Lipinski definition) is 4. The molecule has 0 bridgehead atoms. The molecule has 1 aromatic carbocycles. The number of quaternary nitrogens is 1. The molecule has 6 nitrogen and oxygen atoms in total. The Kier molecular flexibility index (Phi) is 6.06. The smallest absolute Gasteiger partial charge is 0.278 e. The number of rotatable bonds is 7. The molecule has 2 aliphatic rings. The van der Waals surface area contributed by atoms with Crippen LogP contribution < -0.4 is 5.32 Å². The quantitative estimate of drug-likeness (QED) is 0.746. The number of carbonyl (C=O) groups excluding carboxylic acids is 1. The first-order valence-electron chi connectivity index (χ1n) is 10.5. The van der Waals surface area contributed by atoms with Gasteiger partial charge in [0.2, 0.25) is 0 Å². The fourth-order valence-electron chi connectivity index (χ4n) is 4.75. The standard InChI is InChI=1S/C22H28N2O4S/c25-21(24(18-9-4-5-10-18)19-12-14-29(26,27)16-19)15-23-22(20-11-6-13-28-20)17-7-2-1-3-8-17/h1-3,6-8,11,13,18-19,22-23H,4-5,9-10,12,14-16H2/p+1/t19-,22+/m1/s1. The molecular formula is C22H29N2O4S+. The highest BCUT2D eigenvalue weighted by Crippen LogP contribution is 2.29. The van der Waals surface area contributed by atoms with Crippen molar-refractivity contribution in [2.45, 2.75) is 50.2 Å². The van der Waals surface area contributed by atoms with Crippen LogP contribution in [0.1, 0.15) is 49.5 Å². The number of sulfone groups is 1. The topological polar surface area (TPSA) is 84.2 Å². The molecule has 2 atom stereocenters. The summed E-state index contributed by atoms with van der Waals surface area (Å²) in [6.45, 7) is 0.271. The van der Waals surface area contributed by atoms with Gasteiger partial charge in [0.1, 0.15) is 0 Å². The lowest BCUT2D eigenvalue weighted by molar-refractivity contribution is -0.679. The second-order valence-electron chi connectivity index (χ2n) is 8.14. The highest BCUT2D eigenvalue weighted by atomic mass is 32.2. The van der Waals surface area contributed by atoms with Gasteiger partial charge in [-0.1, -0.05) is 43.2 Å². The summed E-state index contributed by atoms with van der Waals surface area (Å²) in [6, 6.07) is 13.7. The number of hydrogen-bond donors (Lipinski definition) is 1. The maximum absolute atomic E-state index is 13.3. The molecule has 1 aliphatic heterocycles. The van der Waals surface area contributed by atoms with Gasteiger partial charge in [0.25, 0.3) is 5.91 Å². The number of benzene rings is 1. The van der Waals surface area contributed by atoms with Crippen LogP contribution in [0.3, 0.4) is 0 Å². The number of carbonyl (C=O) groups is 1. The number of furan rings is 1. The van der Waals surface area contributed by atoms with Gasteiger partial charge >= 0.3 is 0 Å². The van der Waals surface area contributed by atoms with Crippen molar-refractivity contribution in [1.82, 2.24) is 4.90 Å². The van der Waals surface area contributed by atoms with Crippen molar-refractivity contribution in [3.8, 4) is 0 Å². The van der Waals surface area contributed by atoms with Crippen molar-refractivity contribution >= 4 is 15.7 Å². The number of nitrogens with zero attached hydrogens (tertiary/aromatic N) is 1. The van der Waals surface area contributed by atoms with Gasteiger partial charge in [0.05, 0.1) is 17.8 Å². The molecule has 2 N–H and O–H groups in total. The Morgan fingerprint density at radius 3 is 2.45 bits per heavy atom. The van der Waals surface area contributed by atoms with E-state index in [1.54, 1.807) is 6.26 Å². The summed E-state index contributed by atoms with van der Waals surface area (Å²) in [4.78, 5) is 15.2. The van der Waals surface area contributed by atoms with E-state index < -0.39 is 9.84 Å². The molecule has 1 aromatic heterocycles. The molecule has 2 aromatic rings. The van der Waals surface area contributed by atoms with Crippen LogP contribution in [0.15, 0.2) is 53.1 Å². The average Bonchev–Trinajstić information content (AvgIpc) is 3.46. The fourth-order valence-corrected chi connectivity index (χ4v) is 6.46. The van der Waals surface area contributed by atoms with Crippen molar-refractivity contribution in [2.75, 3.05) is 18.1 Å². The van der Waals surface area contributed by atoms with Crippen LogP contribution in [0, 0.1) is 0 Å². The molecule has 1 saturated carbocycles. The maximum Gasteiger partial charge on any atom is 0.278 e. The first-order valence-corrected chi connectivity index (χ1v) is 12.3. The molecule has 1 saturated heterocycles. The maximum atomic E-state index is 13.3. The van der Waals surface area contributed by atoms with Gasteiger partial charge in [-0.15, -0.1) is 0 Å². The Bertz CT molecular complexity index is 906. The van der Waals surface area contributed by atoms with Gasteiger partial charge in [-0.25, -0.2) is 8.42 Å².